The molecule has 0 saturated carbocycles. The highest BCUT2D eigenvalue weighted by Gasteiger charge is 2.78. The summed E-state index contributed by atoms with van der Waals surface area (Å²) in [4.78, 5) is 3.94. The summed E-state index contributed by atoms with van der Waals surface area (Å²) in [7, 11) is 0. The number of nitrogens with one attached hydrogen (secondary N) is 1. The summed E-state index contributed by atoms with van der Waals surface area (Å²) in [5, 5.41) is 38.0. The Morgan fingerprint density at radius 3 is 2.33 bits per heavy atom. The zero-order valence-electron chi connectivity index (χ0n) is 13.3. The molecular weight excluding hydrogens is 306 g/mol. The van der Waals surface area contributed by atoms with E-state index < -0.39 is 28.6 Å². The van der Waals surface area contributed by atoms with Gasteiger partial charge in [-0.2, -0.15) is 15.8 Å². The van der Waals surface area contributed by atoms with Gasteiger partial charge in [-0.25, -0.2) is 0 Å². The second-order valence-corrected chi connectivity index (χ2v) is 6.05. The van der Waals surface area contributed by atoms with E-state index in [1.165, 1.54) is 12.4 Å². The number of pyridine rings is 1. The van der Waals surface area contributed by atoms with Crippen molar-refractivity contribution in [2.75, 3.05) is 0 Å². The van der Waals surface area contributed by atoms with Gasteiger partial charge in [-0.15, -0.1) is 0 Å². The number of nitriles is 3. The molecule has 2 aliphatic heterocycles. The zero-order chi connectivity index (χ0) is 17.6. The molecule has 7 nitrogen and oxygen atoms in total. The first kappa shape index (κ1) is 15.9. The molecule has 24 heavy (non-hydrogen) atoms. The van der Waals surface area contributed by atoms with Crippen LogP contribution in [0, 0.1) is 56.2 Å². The topological polar surface area (TPSA) is 127 Å². The molecule has 120 valence electrons. The molecule has 1 aromatic heterocycles. The Balaban J connectivity index is 2.34. The molecule has 0 aromatic carbocycles. The average Bonchev–Trinajstić information content (AvgIpc) is 2.78. The van der Waals surface area contributed by atoms with Crippen LogP contribution < -0.4 is 0 Å². The van der Waals surface area contributed by atoms with E-state index in [2.05, 4.69) is 11.1 Å². The number of nitrogens with zero attached hydrogens (tertiary/aromatic N) is 4. The fourth-order valence-corrected chi connectivity index (χ4v) is 3.88. The molecule has 0 unspecified atom stereocenters. The first-order valence-electron chi connectivity index (χ1n) is 7.57. The highest BCUT2D eigenvalue weighted by molar-refractivity contribution is 5.89. The van der Waals surface area contributed by atoms with Gasteiger partial charge in [0.15, 0.2) is 5.41 Å². The second kappa shape index (κ2) is 5.03. The van der Waals surface area contributed by atoms with Crippen LogP contribution in [0.5, 0.6) is 0 Å². The Bertz CT molecular complexity index is 804. The van der Waals surface area contributed by atoms with E-state index in [0.717, 1.165) is 0 Å². The van der Waals surface area contributed by atoms with Crippen LogP contribution in [-0.2, 0) is 9.47 Å². The van der Waals surface area contributed by atoms with Gasteiger partial charge in [0.2, 0.25) is 17.1 Å². The molecule has 1 aromatic rings. The van der Waals surface area contributed by atoms with Gasteiger partial charge in [-0.05, 0) is 17.7 Å². The largest absolute Gasteiger partial charge is 0.447 e. The van der Waals surface area contributed by atoms with E-state index in [4.69, 9.17) is 14.9 Å². The summed E-state index contributed by atoms with van der Waals surface area (Å²) in [6, 6.07) is 9.33. The van der Waals surface area contributed by atoms with Crippen molar-refractivity contribution >= 4 is 5.90 Å². The van der Waals surface area contributed by atoms with Gasteiger partial charge >= 0.3 is 0 Å². The van der Waals surface area contributed by atoms with Gasteiger partial charge in [-0.1, -0.05) is 13.8 Å². The Hall–Kier alpha value is -2.95. The minimum atomic E-state index is -1.89. The maximum Gasteiger partial charge on any atom is 0.217 e. The summed E-state index contributed by atoms with van der Waals surface area (Å²) >= 11 is 0. The normalized spacial score (nSPS) is 36.0. The van der Waals surface area contributed by atoms with E-state index in [1.807, 2.05) is 19.1 Å². The average molecular weight is 321 g/mol. The third kappa shape index (κ3) is 1.51. The predicted octanol–water partition coefficient (Wildman–Crippen LogP) is 2.45. The van der Waals surface area contributed by atoms with Crippen molar-refractivity contribution < 1.29 is 9.47 Å². The van der Waals surface area contributed by atoms with Crippen molar-refractivity contribution in [3.63, 3.8) is 0 Å². The Morgan fingerprint density at radius 2 is 1.83 bits per heavy atom. The summed E-state index contributed by atoms with van der Waals surface area (Å²) < 4.78 is 11.8. The minimum absolute atomic E-state index is 0.376. The Labute approximate surface area is 139 Å². The third-order valence-corrected chi connectivity index (χ3v) is 5.31. The van der Waals surface area contributed by atoms with Gasteiger partial charge in [0.1, 0.15) is 6.10 Å². The van der Waals surface area contributed by atoms with Gasteiger partial charge in [0.05, 0.1) is 24.1 Å². The monoisotopic (exact) mass is 321 g/mol. The highest BCUT2D eigenvalue weighted by Crippen LogP contribution is 2.66. The molecule has 2 saturated heterocycles. The maximum absolute atomic E-state index is 9.94. The molecule has 0 amide bonds. The van der Waals surface area contributed by atoms with E-state index >= 15 is 0 Å². The molecule has 0 radical (unpaired) electrons. The van der Waals surface area contributed by atoms with Crippen molar-refractivity contribution in [1.29, 1.82) is 21.2 Å². The van der Waals surface area contributed by atoms with Crippen molar-refractivity contribution in [2.24, 2.45) is 16.7 Å². The van der Waals surface area contributed by atoms with Crippen molar-refractivity contribution in [2.45, 2.75) is 32.2 Å². The van der Waals surface area contributed by atoms with Crippen LogP contribution in [0.1, 0.15) is 31.9 Å². The van der Waals surface area contributed by atoms with Crippen LogP contribution in [0.2, 0.25) is 0 Å². The van der Waals surface area contributed by atoms with E-state index in [9.17, 15) is 15.8 Å². The molecule has 0 aliphatic carbocycles. The van der Waals surface area contributed by atoms with E-state index in [1.54, 1.807) is 19.1 Å². The predicted molar refractivity (Wildman–Crippen MR) is 80.8 cm³/mol. The summed E-state index contributed by atoms with van der Waals surface area (Å²) in [5.41, 5.74) is -3.04. The lowest BCUT2D eigenvalue weighted by Crippen LogP contribution is -2.58. The lowest BCUT2D eigenvalue weighted by molar-refractivity contribution is -0.280. The summed E-state index contributed by atoms with van der Waals surface area (Å²) in [6.45, 7) is 3.52. The molecule has 7 heteroatoms. The van der Waals surface area contributed by atoms with Crippen LogP contribution in [0.3, 0.4) is 0 Å². The number of rotatable bonds is 2. The molecule has 3 heterocycles. The molecule has 2 bridgehead atoms. The lowest BCUT2D eigenvalue weighted by Gasteiger charge is -2.48. The number of hydrogen-bond donors (Lipinski definition) is 1. The summed E-state index contributed by atoms with van der Waals surface area (Å²) in [6.07, 6.45) is 2.42. The third-order valence-electron chi connectivity index (χ3n) is 5.31. The van der Waals surface area contributed by atoms with Crippen LogP contribution >= 0.6 is 0 Å². The zero-order valence-corrected chi connectivity index (χ0v) is 13.3. The van der Waals surface area contributed by atoms with E-state index in [-0.39, 0.29) is 5.90 Å². The molecule has 3 rings (SSSR count). The first-order chi connectivity index (χ1) is 11.5. The molecule has 4 atom stereocenters. The molecule has 2 aliphatic rings. The van der Waals surface area contributed by atoms with Crippen LogP contribution in [-0.4, -0.2) is 16.7 Å². The number of fused-ring (bicyclic) bond motifs is 2. The van der Waals surface area contributed by atoms with Gasteiger partial charge in [-0.3, -0.25) is 10.4 Å². The minimum Gasteiger partial charge on any atom is -0.447 e. The molecular formula is C17H15N5O2. The Morgan fingerprint density at radius 1 is 1.21 bits per heavy atom. The fourth-order valence-electron chi connectivity index (χ4n) is 3.88. The van der Waals surface area contributed by atoms with Crippen molar-refractivity contribution in [3.8, 4) is 18.2 Å². The SMILES string of the molecule is CC[C@@]12OC(=N)[C@@](C#N)([C@H]1C)C(C#N)(C#N)[C@H](c1ccncc1)O2. The summed E-state index contributed by atoms with van der Waals surface area (Å²) in [5.74, 6) is -2.22. The molecule has 0 spiro atoms. The van der Waals surface area contributed by atoms with Gasteiger partial charge in [0.25, 0.3) is 0 Å². The first-order valence-corrected chi connectivity index (χ1v) is 7.57. The maximum atomic E-state index is 9.94. The van der Waals surface area contributed by atoms with E-state index in [0.29, 0.717) is 12.0 Å². The highest BCUT2D eigenvalue weighted by atomic mass is 16.7. The fraction of sp³-hybridized carbons (Fsp3) is 0.471. The molecule has 2 fully saturated rings. The van der Waals surface area contributed by atoms with Crippen LogP contribution in [0.4, 0.5) is 0 Å². The smallest absolute Gasteiger partial charge is 0.217 e. The standard InChI is InChI=1S/C17H15N5O2/c1-3-17-11(2)16(10-20,14(21)24-17)15(8-18,9-19)13(23-17)12-4-6-22-7-5-12/h4-7,11,13,21H,3H2,1-2H3/t11-,13+,16-,17-/m1/s1. The van der Waals surface area contributed by atoms with Crippen LogP contribution in [0.25, 0.3) is 0 Å². The van der Waals surface area contributed by atoms with Gasteiger partial charge < -0.3 is 9.47 Å². The number of ether oxygens (including phenoxy) is 2. The molecule has 1 N–H and O–H groups in total. The van der Waals surface area contributed by atoms with Crippen molar-refractivity contribution in [3.05, 3.63) is 30.1 Å². The quantitative estimate of drug-likeness (QED) is 0.891. The number of hydrogen-bond acceptors (Lipinski definition) is 7. The Kier molecular flexibility index (Phi) is 3.34. The van der Waals surface area contributed by atoms with Gasteiger partial charge in [0, 0.05) is 18.8 Å². The lowest BCUT2D eigenvalue weighted by atomic mass is 9.53. The van der Waals surface area contributed by atoms with Crippen LogP contribution in [0.15, 0.2) is 24.5 Å². The number of aromatic nitrogens is 1. The van der Waals surface area contributed by atoms with Crippen molar-refractivity contribution in [1.82, 2.24) is 4.98 Å². The second-order valence-electron chi connectivity index (χ2n) is 6.05.